The first-order valence-electron chi connectivity index (χ1n) is 15.5. The summed E-state index contributed by atoms with van der Waals surface area (Å²) in [6, 6.07) is 30.8. The summed E-state index contributed by atoms with van der Waals surface area (Å²) in [5.41, 5.74) is 6.65. The molecule has 5 heteroatoms. The molecular formula is C38H43NO4. The molecule has 0 saturated carbocycles. The fourth-order valence-corrected chi connectivity index (χ4v) is 6.09. The van der Waals surface area contributed by atoms with Crippen LogP contribution < -0.4 is 14.2 Å². The van der Waals surface area contributed by atoms with Gasteiger partial charge in [-0.15, -0.1) is 0 Å². The van der Waals surface area contributed by atoms with E-state index in [0.29, 0.717) is 19.8 Å². The Morgan fingerprint density at radius 1 is 0.814 bits per heavy atom. The summed E-state index contributed by atoms with van der Waals surface area (Å²) in [5, 5.41) is 0. The molecule has 0 radical (unpaired) electrons. The van der Waals surface area contributed by atoms with Crippen molar-refractivity contribution in [1.29, 1.82) is 0 Å². The van der Waals surface area contributed by atoms with E-state index in [9.17, 15) is 4.79 Å². The minimum Gasteiger partial charge on any atom is -0.485 e. The van der Waals surface area contributed by atoms with Crippen molar-refractivity contribution in [2.24, 2.45) is 0 Å². The zero-order chi connectivity index (χ0) is 30.2. The predicted molar refractivity (Wildman–Crippen MR) is 172 cm³/mol. The summed E-state index contributed by atoms with van der Waals surface area (Å²) >= 11 is 0. The van der Waals surface area contributed by atoms with Gasteiger partial charge in [0.15, 0.2) is 17.7 Å². The molecule has 0 spiro atoms. The smallest absolute Gasteiger partial charge is 0.222 e. The van der Waals surface area contributed by atoms with Crippen molar-refractivity contribution in [3.63, 3.8) is 0 Å². The molecule has 43 heavy (non-hydrogen) atoms. The average molecular weight is 578 g/mol. The number of hydrogen-bond acceptors (Lipinski definition) is 4. The molecule has 0 fully saturated rings. The molecule has 2 atom stereocenters. The second-order valence-corrected chi connectivity index (χ2v) is 11.4. The van der Waals surface area contributed by atoms with Gasteiger partial charge in [0.05, 0.1) is 0 Å². The maximum atomic E-state index is 13.1. The van der Waals surface area contributed by atoms with Crippen LogP contribution >= 0.6 is 0 Å². The SMILES string of the molecule is CCCN(C(C)=O)C(Oc1c(C)cccc1C)C1CCCc2c1ccc(OCc1ccccc1)c2OCc1ccccc1. The first kappa shape index (κ1) is 30.2. The molecule has 0 heterocycles. The van der Waals surface area contributed by atoms with Crippen LogP contribution in [0.5, 0.6) is 17.2 Å². The molecule has 5 rings (SSSR count). The highest BCUT2D eigenvalue weighted by Crippen LogP contribution is 2.45. The molecule has 1 amide bonds. The molecule has 0 bridgehead atoms. The Balaban J connectivity index is 1.55. The van der Waals surface area contributed by atoms with E-state index >= 15 is 0 Å². The maximum Gasteiger partial charge on any atom is 0.222 e. The fraction of sp³-hybridized carbons (Fsp3) is 0.342. The van der Waals surface area contributed by atoms with Crippen LogP contribution in [0.2, 0.25) is 0 Å². The molecule has 4 aromatic carbocycles. The van der Waals surface area contributed by atoms with Crippen LogP contribution in [0.15, 0.2) is 91.0 Å². The third-order valence-corrected chi connectivity index (χ3v) is 8.23. The monoisotopic (exact) mass is 577 g/mol. The average Bonchev–Trinajstić information content (AvgIpc) is 3.02. The fourth-order valence-electron chi connectivity index (χ4n) is 6.09. The first-order chi connectivity index (χ1) is 21.0. The van der Waals surface area contributed by atoms with Gasteiger partial charge in [-0.05, 0) is 73.4 Å². The van der Waals surface area contributed by atoms with Crippen molar-refractivity contribution >= 4 is 5.91 Å². The minimum atomic E-state index is -0.436. The summed E-state index contributed by atoms with van der Waals surface area (Å²) < 4.78 is 19.9. The van der Waals surface area contributed by atoms with Gasteiger partial charge in [-0.3, -0.25) is 4.79 Å². The third kappa shape index (κ3) is 7.22. The van der Waals surface area contributed by atoms with E-state index in [0.717, 1.165) is 70.7 Å². The quantitative estimate of drug-likeness (QED) is 0.158. The summed E-state index contributed by atoms with van der Waals surface area (Å²) in [7, 11) is 0. The second kappa shape index (κ2) is 14.3. The van der Waals surface area contributed by atoms with Crippen molar-refractivity contribution in [3.05, 3.63) is 124 Å². The Kier molecular flexibility index (Phi) is 10.0. The predicted octanol–water partition coefficient (Wildman–Crippen LogP) is 8.54. The topological polar surface area (TPSA) is 48.0 Å². The van der Waals surface area contributed by atoms with Crippen LogP contribution in [0.25, 0.3) is 0 Å². The zero-order valence-electron chi connectivity index (χ0n) is 25.8. The first-order valence-corrected chi connectivity index (χ1v) is 15.5. The second-order valence-electron chi connectivity index (χ2n) is 11.4. The van der Waals surface area contributed by atoms with Crippen LogP contribution in [0, 0.1) is 13.8 Å². The largest absolute Gasteiger partial charge is 0.485 e. The number of aryl methyl sites for hydroxylation is 2. The maximum absolute atomic E-state index is 13.1. The number of nitrogens with zero attached hydrogens (tertiary/aromatic N) is 1. The number of ether oxygens (including phenoxy) is 3. The Labute approximate surface area is 256 Å². The highest BCUT2D eigenvalue weighted by molar-refractivity contribution is 5.73. The highest BCUT2D eigenvalue weighted by atomic mass is 16.5. The Morgan fingerprint density at radius 3 is 2.05 bits per heavy atom. The molecular weight excluding hydrogens is 534 g/mol. The third-order valence-electron chi connectivity index (χ3n) is 8.23. The van der Waals surface area contributed by atoms with Gasteiger partial charge in [-0.2, -0.15) is 0 Å². The zero-order valence-corrected chi connectivity index (χ0v) is 25.8. The summed E-state index contributed by atoms with van der Waals surface area (Å²) in [6.45, 7) is 9.42. The number of rotatable bonds is 12. The molecule has 5 nitrogen and oxygen atoms in total. The lowest BCUT2D eigenvalue weighted by Crippen LogP contribution is -2.47. The lowest BCUT2D eigenvalue weighted by Gasteiger charge is -2.40. The molecule has 0 aliphatic heterocycles. The van der Waals surface area contributed by atoms with E-state index in [1.165, 1.54) is 5.56 Å². The van der Waals surface area contributed by atoms with Gasteiger partial charge >= 0.3 is 0 Å². The van der Waals surface area contributed by atoms with Crippen LogP contribution in [0.3, 0.4) is 0 Å². The summed E-state index contributed by atoms with van der Waals surface area (Å²) in [5.74, 6) is 2.39. The highest BCUT2D eigenvalue weighted by Gasteiger charge is 2.37. The molecule has 2 unspecified atom stereocenters. The molecule has 1 aliphatic rings. The number of para-hydroxylation sites is 1. The van der Waals surface area contributed by atoms with Gasteiger partial charge in [-0.25, -0.2) is 0 Å². The van der Waals surface area contributed by atoms with Crippen molar-refractivity contribution < 1.29 is 19.0 Å². The Hall–Kier alpha value is -4.25. The van der Waals surface area contributed by atoms with Gasteiger partial charge in [0.2, 0.25) is 5.91 Å². The molecule has 0 N–H and O–H groups in total. The van der Waals surface area contributed by atoms with Crippen LogP contribution in [-0.2, 0) is 24.4 Å². The molecule has 1 aliphatic carbocycles. The summed E-state index contributed by atoms with van der Waals surface area (Å²) in [6.07, 6.45) is 3.17. The van der Waals surface area contributed by atoms with Crippen molar-refractivity contribution in [2.45, 2.75) is 78.7 Å². The van der Waals surface area contributed by atoms with Crippen molar-refractivity contribution in [1.82, 2.24) is 4.90 Å². The van der Waals surface area contributed by atoms with E-state index in [4.69, 9.17) is 14.2 Å². The van der Waals surface area contributed by atoms with Crippen molar-refractivity contribution in [2.75, 3.05) is 6.54 Å². The van der Waals surface area contributed by atoms with Gasteiger partial charge in [-0.1, -0.05) is 91.9 Å². The molecule has 0 saturated heterocycles. The van der Waals surface area contributed by atoms with Crippen LogP contribution in [0.4, 0.5) is 0 Å². The van der Waals surface area contributed by atoms with E-state index < -0.39 is 6.23 Å². The number of carbonyl (C=O) groups is 1. The lowest BCUT2D eigenvalue weighted by molar-refractivity contribution is -0.139. The van der Waals surface area contributed by atoms with Crippen LogP contribution in [-0.4, -0.2) is 23.6 Å². The number of fused-ring (bicyclic) bond motifs is 1. The van der Waals surface area contributed by atoms with E-state index in [2.05, 4.69) is 63.2 Å². The van der Waals surface area contributed by atoms with Gasteiger partial charge in [0.25, 0.3) is 0 Å². The van der Waals surface area contributed by atoms with E-state index in [-0.39, 0.29) is 11.8 Å². The number of amides is 1. The van der Waals surface area contributed by atoms with E-state index in [1.807, 2.05) is 53.4 Å². The number of carbonyl (C=O) groups excluding carboxylic acids is 1. The van der Waals surface area contributed by atoms with Crippen molar-refractivity contribution in [3.8, 4) is 17.2 Å². The standard InChI is InChI=1S/C38H43NO4/c1-5-24-39(29(4)40)38(43-36-27(2)14-12-15-28(36)3)34-21-13-20-33-32(34)22-23-35(41-25-30-16-8-6-9-17-30)37(33)42-26-31-18-10-7-11-19-31/h6-12,14-19,22-23,34,38H,5,13,20-21,24-26H2,1-4H3. The molecule has 224 valence electrons. The minimum absolute atomic E-state index is 0.0135. The molecule has 0 aromatic heterocycles. The number of hydrogen-bond donors (Lipinski definition) is 0. The lowest BCUT2D eigenvalue weighted by atomic mass is 9.80. The number of benzene rings is 4. The Bertz CT molecular complexity index is 1480. The normalized spacial score (nSPS) is 14.8. The van der Waals surface area contributed by atoms with Crippen LogP contribution in [0.1, 0.15) is 72.4 Å². The van der Waals surface area contributed by atoms with Gasteiger partial charge in [0.1, 0.15) is 19.0 Å². The molecule has 4 aromatic rings. The van der Waals surface area contributed by atoms with E-state index in [1.54, 1.807) is 6.92 Å². The van der Waals surface area contributed by atoms with Gasteiger partial charge in [0, 0.05) is 24.9 Å². The van der Waals surface area contributed by atoms with Gasteiger partial charge < -0.3 is 19.1 Å². The summed E-state index contributed by atoms with van der Waals surface area (Å²) in [4.78, 5) is 15.0. The Morgan fingerprint density at radius 2 is 1.44 bits per heavy atom.